The van der Waals surface area contributed by atoms with Gasteiger partial charge < -0.3 is 4.74 Å². The van der Waals surface area contributed by atoms with Crippen LogP contribution in [0.1, 0.15) is 5.56 Å². The fourth-order valence-corrected chi connectivity index (χ4v) is 3.24. The van der Waals surface area contributed by atoms with E-state index in [0.717, 1.165) is 12.1 Å². The van der Waals surface area contributed by atoms with Crippen LogP contribution in [0.4, 0.5) is 18.9 Å². The molecular weight excluding hydrogens is 413 g/mol. The summed E-state index contributed by atoms with van der Waals surface area (Å²) in [6.45, 7) is 0. The van der Waals surface area contributed by atoms with Crippen LogP contribution in [-0.2, 0) is 10.0 Å². The van der Waals surface area contributed by atoms with Gasteiger partial charge in [0.2, 0.25) is 0 Å². The minimum absolute atomic E-state index is 0.0925. The summed E-state index contributed by atoms with van der Waals surface area (Å²) in [4.78, 5) is -0.674. The van der Waals surface area contributed by atoms with Gasteiger partial charge in [-0.15, -0.1) is 13.2 Å². The Kier molecular flexibility index (Phi) is 5.05. The number of ether oxygens (including phenoxy) is 1. The maximum atomic E-state index is 12.5. The molecule has 2 aromatic rings. The smallest absolute Gasteiger partial charge is 0.404 e. The number of sulfonamides is 1. The highest BCUT2D eigenvalue weighted by Gasteiger charge is 2.34. The van der Waals surface area contributed by atoms with Crippen molar-refractivity contribution in [3.8, 4) is 11.8 Å². The summed E-state index contributed by atoms with van der Waals surface area (Å²) in [6, 6.07) is 10.4. The maximum absolute atomic E-state index is 12.5. The van der Waals surface area contributed by atoms with E-state index in [1.165, 1.54) is 30.3 Å². The molecule has 0 aliphatic rings. The standard InChI is InChI=1S/C14H8BrF3N2O3S/c15-10-3-6-13(12(7-10)23-14(16,17)18)24(21,22)20-11-4-1-9(8-19)2-5-11/h1-7,20H. The summed E-state index contributed by atoms with van der Waals surface area (Å²) in [5.74, 6) is -0.863. The van der Waals surface area contributed by atoms with Crippen molar-refractivity contribution in [1.82, 2.24) is 0 Å². The summed E-state index contributed by atoms with van der Waals surface area (Å²) in [5.41, 5.74) is 0.401. The normalized spacial score (nSPS) is 11.6. The number of hydrogen-bond donors (Lipinski definition) is 1. The van der Waals surface area contributed by atoms with Crippen LogP contribution in [0.3, 0.4) is 0 Å². The van der Waals surface area contributed by atoms with Gasteiger partial charge in [-0.05, 0) is 42.5 Å². The van der Waals surface area contributed by atoms with E-state index in [-0.39, 0.29) is 10.2 Å². The van der Waals surface area contributed by atoms with Gasteiger partial charge in [-0.3, -0.25) is 4.72 Å². The van der Waals surface area contributed by atoms with Crippen molar-refractivity contribution in [2.45, 2.75) is 11.3 Å². The number of nitrogens with zero attached hydrogens (tertiary/aromatic N) is 1. The predicted octanol–water partition coefficient (Wildman–Crippen LogP) is 4.02. The molecule has 0 bridgehead atoms. The third kappa shape index (κ3) is 4.62. The van der Waals surface area contributed by atoms with E-state index in [1.807, 2.05) is 6.07 Å². The fourth-order valence-electron chi connectivity index (χ4n) is 1.73. The Morgan fingerprint density at radius 3 is 2.29 bits per heavy atom. The van der Waals surface area contributed by atoms with Crippen molar-refractivity contribution >= 4 is 31.6 Å². The van der Waals surface area contributed by atoms with Crippen molar-refractivity contribution < 1.29 is 26.3 Å². The highest BCUT2D eigenvalue weighted by atomic mass is 79.9. The summed E-state index contributed by atoms with van der Waals surface area (Å²) in [5, 5.41) is 8.69. The summed E-state index contributed by atoms with van der Waals surface area (Å²) >= 11 is 2.96. The molecule has 0 saturated carbocycles. The maximum Gasteiger partial charge on any atom is 0.573 e. The van der Waals surface area contributed by atoms with Crippen molar-refractivity contribution in [2.75, 3.05) is 4.72 Å². The number of rotatable bonds is 4. The highest BCUT2D eigenvalue weighted by molar-refractivity contribution is 9.10. The number of nitrogens with one attached hydrogen (secondary N) is 1. The second-order valence-electron chi connectivity index (χ2n) is 4.43. The van der Waals surface area contributed by atoms with E-state index in [0.29, 0.717) is 5.56 Å². The van der Waals surface area contributed by atoms with Gasteiger partial charge in [-0.2, -0.15) is 5.26 Å². The van der Waals surface area contributed by atoms with Gasteiger partial charge in [0.25, 0.3) is 10.0 Å². The largest absolute Gasteiger partial charge is 0.573 e. The molecule has 0 saturated heterocycles. The van der Waals surface area contributed by atoms with Gasteiger partial charge in [0.15, 0.2) is 5.75 Å². The quantitative estimate of drug-likeness (QED) is 0.809. The topological polar surface area (TPSA) is 79.2 Å². The van der Waals surface area contributed by atoms with Crippen LogP contribution in [0.15, 0.2) is 51.8 Å². The molecule has 0 amide bonds. The van der Waals surface area contributed by atoms with Crippen LogP contribution in [-0.4, -0.2) is 14.8 Å². The van der Waals surface area contributed by atoms with Gasteiger partial charge in [0.05, 0.1) is 11.6 Å². The first-order chi connectivity index (χ1) is 11.1. The first-order valence-corrected chi connectivity index (χ1v) is 8.46. The van der Waals surface area contributed by atoms with E-state index in [9.17, 15) is 21.6 Å². The molecule has 0 aromatic heterocycles. The first kappa shape index (κ1) is 18.1. The SMILES string of the molecule is N#Cc1ccc(NS(=O)(=O)c2ccc(Br)cc2OC(F)(F)F)cc1. The van der Waals surface area contributed by atoms with Crippen LogP contribution in [0, 0.1) is 11.3 Å². The van der Waals surface area contributed by atoms with Gasteiger partial charge in [0, 0.05) is 10.2 Å². The van der Waals surface area contributed by atoms with Gasteiger partial charge >= 0.3 is 6.36 Å². The summed E-state index contributed by atoms with van der Waals surface area (Å²) < 4.78 is 68.2. The molecule has 0 atom stereocenters. The monoisotopic (exact) mass is 420 g/mol. The van der Waals surface area contributed by atoms with Crippen molar-refractivity contribution in [3.05, 3.63) is 52.5 Å². The van der Waals surface area contributed by atoms with Crippen LogP contribution in [0.25, 0.3) is 0 Å². The zero-order valence-electron chi connectivity index (χ0n) is 11.6. The van der Waals surface area contributed by atoms with E-state index in [1.54, 1.807) is 0 Å². The zero-order valence-corrected chi connectivity index (χ0v) is 14.0. The van der Waals surface area contributed by atoms with Crippen LogP contribution < -0.4 is 9.46 Å². The number of alkyl halides is 3. The van der Waals surface area contributed by atoms with Gasteiger partial charge in [0.1, 0.15) is 4.90 Å². The average Bonchev–Trinajstić information content (AvgIpc) is 2.45. The predicted molar refractivity (Wildman–Crippen MR) is 82.8 cm³/mol. The molecule has 0 spiro atoms. The second-order valence-corrected chi connectivity index (χ2v) is 7.00. The highest BCUT2D eigenvalue weighted by Crippen LogP contribution is 2.33. The number of anilines is 1. The Morgan fingerprint density at radius 2 is 1.75 bits per heavy atom. The number of hydrogen-bond acceptors (Lipinski definition) is 4. The fraction of sp³-hybridized carbons (Fsp3) is 0.0714. The summed E-state index contributed by atoms with van der Waals surface area (Å²) in [6.07, 6.45) is -5.04. The lowest BCUT2D eigenvalue weighted by molar-refractivity contribution is -0.275. The molecule has 5 nitrogen and oxygen atoms in total. The second kappa shape index (κ2) is 6.70. The molecule has 24 heavy (non-hydrogen) atoms. The Hall–Kier alpha value is -2.25. The molecule has 1 N–H and O–H groups in total. The van der Waals surface area contributed by atoms with Crippen LogP contribution in [0.5, 0.6) is 5.75 Å². The minimum Gasteiger partial charge on any atom is -0.404 e. The van der Waals surface area contributed by atoms with Gasteiger partial charge in [-0.1, -0.05) is 15.9 Å². The minimum atomic E-state index is -5.04. The Balaban J connectivity index is 2.39. The van der Waals surface area contributed by atoms with E-state index in [4.69, 9.17) is 5.26 Å². The zero-order chi connectivity index (χ0) is 18.0. The number of halogens is 4. The molecule has 0 aliphatic heterocycles. The summed E-state index contributed by atoms with van der Waals surface area (Å²) in [7, 11) is -4.33. The van der Waals surface area contributed by atoms with Gasteiger partial charge in [-0.25, -0.2) is 8.42 Å². The molecule has 0 radical (unpaired) electrons. The Labute approximate surface area is 143 Å². The van der Waals surface area contributed by atoms with Crippen molar-refractivity contribution in [1.29, 1.82) is 5.26 Å². The van der Waals surface area contributed by atoms with E-state index < -0.39 is 27.0 Å². The first-order valence-electron chi connectivity index (χ1n) is 6.19. The third-order valence-corrected chi connectivity index (χ3v) is 4.60. The third-order valence-electron chi connectivity index (χ3n) is 2.69. The molecule has 10 heteroatoms. The van der Waals surface area contributed by atoms with Crippen molar-refractivity contribution in [2.24, 2.45) is 0 Å². The molecule has 0 heterocycles. The van der Waals surface area contributed by atoms with E-state index >= 15 is 0 Å². The molecule has 0 unspecified atom stereocenters. The molecule has 2 aromatic carbocycles. The molecule has 2 rings (SSSR count). The molecule has 126 valence electrons. The lowest BCUT2D eigenvalue weighted by atomic mass is 10.2. The Morgan fingerprint density at radius 1 is 1.12 bits per heavy atom. The lowest BCUT2D eigenvalue weighted by Crippen LogP contribution is -2.21. The van der Waals surface area contributed by atoms with Crippen LogP contribution in [0.2, 0.25) is 0 Å². The number of benzene rings is 2. The van der Waals surface area contributed by atoms with Crippen molar-refractivity contribution in [3.63, 3.8) is 0 Å². The van der Waals surface area contributed by atoms with Crippen LogP contribution >= 0.6 is 15.9 Å². The number of nitriles is 1. The Bertz CT molecular complexity index is 891. The average molecular weight is 421 g/mol. The van der Waals surface area contributed by atoms with E-state index in [2.05, 4.69) is 25.4 Å². The molecule has 0 aliphatic carbocycles. The molecule has 0 fully saturated rings. The molecular formula is C14H8BrF3N2O3S. The lowest BCUT2D eigenvalue weighted by Gasteiger charge is -2.15.